The Morgan fingerprint density at radius 1 is 1.29 bits per heavy atom. The summed E-state index contributed by atoms with van der Waals surface area (Å²) in [6.45, 7) is 0. The summed E-state index contributed by atoms with van der Waals surface area (Å²) < 4.78 is 6.49. The second kappa shape index (κ2) is 5.89. The summed E-state index contributed by atoms with van der Waals surface area (Å²) in [6, 6.07) is 12.1. The molecule has 0 saturated carbocycles. The number of nitrogens with zero attached hydrogens (tertiary/aromatic N) is 2. The third-order valence-corrected chi connectivity index (χ3v) is 5.31. The van der Waals surface area contributed by atoms with Crippen LogP contribution in [0.4, 0.5) is 0 Å². The summed E-state index contributed by atoms with van der Waals surface area (Å²) >= 11 is 5.01. The number of hydrogen-bond donors (Lipinski definition) is 2. The molecule has 2 unspecified atom stereocenters. The van der Waals surface area contributed by atoms with E-state index in [2.05, 4.69) is 32.2 Å². The Balaban J connectivity index is 1.92. The van der Waals surface area contributed by atoms with Crippen LogP contribution < -0.4 is 4.74 Å². The van der Waals surface area contributed by atoms with E-state index in [9.17, 15) is 5.26 Å². The molecule has 0 saturated heterocycles. The summed E-state index contributed by atoms with van der Waals surface area (Å²) in [4.78, 5) is 0. The van der Waals surface area contributed by atoms with Crippen molar-refractivity contribution >= 4 is 33.2 Å². The molecule has 2 atom stereocenters. The summed E-state index contributed by atoms with van der Waals surface area (Å²) in [6.07, 6.45) is 0. The average molecular weight is 399 g/mol. The fourth-order valence-corrected chi connectivity index (χ4v) is 3.93. The van der Waals surface area contributed by atoms with Crippen LogP contribution in [0.15, 0.2) is 45.6 Å². The number of hydrogen-bond acceptors (Lipinski definition) is 5. The molecule has 1 aromatic carbocycles. The molecule has 0 radical (unpaired) electrons. The summed E-state index contributed by atoms with van der Waals surface area (Å²) in [5.74, 6) is -0.621. The van der Waals surface area contributed by atoms with Crippen molar-refractivity contribution < 1.29 is 4.74 Å². The molecule has 0 spiro atoms. The van der Waals surface area contributed by atoms with Crippen molar-refractivity contribution in [3.8, 4) is 23.2 Å². The molecule has 7 heteroatoms. The normalized spacial score (nSPS) is 19.4. The lowest BCUT2D eigenvalue weighted by atomic mass is 9.80. The molecule has 1 aliphatic rings. The molecule has 2 aromatic heterocycles. The SMILES string of the molecule is N#CC1C(=N)Oc2n[nH]c(-c3ccc(Br)cc3)c2C1c1ccsc1. The Morgan fingerprint density at radius 3 is 2.75 bits per heavy atom. The van der Waals surface area contributed by atoms with Crippen LogP contribution in [0.5, 0.6) is 5.88 Å². The number of nitrogens with one attached hydrogen (secondary N) is 2. The van der Waals surface area contributed by atoms with Crippen molar-refractivity contribution in [3.05, 3.63) is 56.7 Å². The number of ether oxygens (including phenoxy) is 1. The van der Waals surface area contributed by atoms with Gasteiger partial charge in [0, 0.05) is 16.0 Å². The molecule has 24 heavy (non-hydrogen) atoms. The zero-order valence-electron chi connectivity index (χ0n) is 12.3. The summed E-state index contributed by atoms with van der Waals surface area (Å²) in [5.41, 5.74) is 3.61. The lowest BCUT2D eigenvalue weighted by Crippen LogP contribution is -2.30. The minimum Gasteiger partial charge on any atom is -0.422 e. The first kappa shape index (κ1) is 15.1. The predicted octanol–water partition coefficient (Wildman–Crippen LogP) is 4.54. The van der Waals surface area contributed by atoms with Crippen LogP contribution in [0, 0.1) is 22.7 Å². The van der Waals surface area contributed by atoms with Gasteiger partial charge in [0.25, 0.3) is 0 Å². The van der Waals surface area contributed by atoms with Crippen LogP contribution in [0.1, 0.15) is 17.0 Å². The number of rotatable bonds is 2. The number of H-pyrrole nitrogens is 1. The Labute approximate surface area is 150 Å². The molecule has 0 amide bonds. The molecular formula is C17H11BrN4OS. The van der Waals surface area contributed by atoms with E-state index in [0.29, 0.717) is 5.88 Å². The summed E-state index contributed by atoms with van der Waals surface area (Å²) in [7, 11) is 0. The molecule has 3 heterocycles. The highest BCUT2D eigenvalue weighted by atomic mass is 79.9. The van der Waals surface area contributed by atoms with Crippen LogP contribution >= 0.6 is 27.3 Å². The highest BCUT2D eigenvalue weighted by Gasteiger charge is 2.40. The quantitative estimate of drug-likeness (QED) is 0.663. The Hall–Kier alpha value is -2.43. The number of benzene rings is 1. The average Bonchev–Trinajstić information content (AvgIpc) is 3.24. The minimum absolute atomic E-state index is 0.0601. The zero-order valence-corrected chi connectivity index (χ0v) is 14.7. The van der Waals surface area contributed by atoms with Gasteiger partial charge in [0.15, 0.2) is 0 Å². The molecule has 118 valence electrons. The van der Waals surface area contributed by atoms with Crippen molar-refractivity contribution in [2.75, 3.05) is 0 Å². The van der Waals surface area contributed by atoms with E-state index in [1.54, 1.807) is 11.3 Å². The molecule has 0 aliphatic carbocycles. The van der Waals surface area contributed by atoms with E-state index in [0.717, 1.165) is 26.9 Å². The van der Waals surface area contributed by atoms with Crippen molar-refractivity contribution in [2.24, 2.45) is 5.92 Å². The number of halogens is 1. The van der Waals surface area contributed by atoms with E-state index in [1.165, 1.54) is 0 Å². The van der Waals surface area contributed by atoms with Gasteiger partial charge in [0.1, 0.15) is 5.92 Å². The second-order valence-corrected chi connectivity index (χ2v) is 7.13. The van der Waals surface area contributed by atoms with Gasteiger partial charge in [-0.25, -0.2) is 0 Å². The number of aromatic amines is 1. The second-order valence-electron chi connectivity index (χ2n) is 5.43. The molecule has 3 aromatic rings. The molecule has 0 fully saturated rings. The van der Waals surface area contributed by atoms with Gasteiger partial charge in [-0.3, -0.25) is 10.5 Å². The fourth-order valence-electron chi connectivity index (χ4n) is 2.97. The molecule has 2 N–H and O–H groups in total. The molecule has 4 rings (SSSR count). The maximum Gasteiger partial charge on any atom is 0.244 e. The molecule has 0 bridgehead atoms. The molecular weight excluding hydrogens is 388 g/mol. The van der Waals surface area contributed by atoms with Gasteiger partial charge in [-0.05, 0) is 34.5 Å². The van der Waals surface area contributed by atoms with E-state index in [-0.39, 0.29) is 11.8 Å². The summed E-state index contributed by atoms with van der Waals surface area (Å²) in [5, 5.41) is 28.9. The largest absolute Gasteiger partial charge is 0.422 e. The number of nitriles is 1. The van der Waals surface area contributed by atoms with Gasteiger partial charge in [-0.1, -0.05) is 28.1 Å². The first-order valence-corrected chi connectivity index (χ1v) is 8.95. The van der Waals surface area contributed by atoms with Gasteiger partial charge in [-0.15, -0.1) is 5.10 Å². The third-order valence-electron chi connectivity index (χ3n) is 4.08. The first-order chi connectivity index (χ1) is 11.7. The lowest BCUT2D eigenvalue weighted by Gasteiger charge is -2.27. The molecule has 5 nitrogen and oxygen atoms in total. The van der Waals surface area contributed by atoms with Crippen molar-refractivity contribution in [2.45, 2.75) is 5.92 Å². The zero-order chi connectivity index (χ0) is 16.7. The Bertz CT molecular complexity index is 940. The van der Waals surface area contributed by atoms with Gasteiger partial charge >= 0.3 is 0 Å². The maximum atomic E-state index is 9.59. The number of aromatic nitrogens is 2. The number of thiophene rings is 1. The lowest BCUT2D eigenvalue weighted by molar-refractivity contribution is 0.437. The first-order valence-electron chi connectivity index (χ1n) is 7.21. The highest BCUT2D eigenvalue weighted by molar-refractivity contribution is 9.10. The standard InChI is InChI=1S/C17H11BrN4OS/c18-11-3-1-9(2-4-11)15-14-13(10-5-6-24-8-10)12(7-19)16(20)23-17(14)22-21-15/h1-6,8,12-13,20H,(H,21,22). The van der Waals surface area contributed by atoms with Gasteiger partial charge < -0.3 is 4.74 Å². The van der Waals surface area contributed by atoms with E-state index >= 15 is 0 Å². The van der Waals surface area contributed by atoms with Crippen LogP contribution in [0.3, 0.4) is 0 Å². The minimum atomic E-state index is -0.668. The topological polar surface area (TPSA) is 85.6 Å². The van der Waals surface area contributed by atoms with Crippen molar-refractivity contribution in [1.29, 1.82) is 10.7 Å². The van der Waals surface area contributed by atoms with Crippen LogP contribution in [-0.4, -0.2) is 16.1 Å². The van der Waals surface area contributed by atoms with Gasteiger partial charge in [-0.2, -0.15) is 16.6 Å². The number of fused-ring (bicyclic) bond motifs is 1. The van der Waals surface area contributed by atoms with Crippen LogP contribution in [-0.2, 0) is 0 Å². The Morgan fingerprint density at radius 2 is 2.08 bits per heavy atom. The van der Waals surface area contributed by atoms with Crippen LogP contribution in [0.2, 0.25) is 0 Å². The predicted molar refractivity (Wildman–Crippen MR) is 95.3 cm³/mol. The van der Waals surface area contributed by atoms with Crippen molar-refractivity contribution in [3.63, 3.8) is 0 Å². The monoisotopic (exact) mass is 398 g/mol. The Kier molecular flexibility index (Phi) is 3.71. The van der Waals surface area contributed by atoms with E-state index < -0.39 is 5.92 Å². The smallest absolute Gasteiger partial charge is 0.244 e. The maximum absolute atomic E-state index is 9.59. The van der Waals surface area contributed by atoms with E-state index in [1.807, 2.05) is 41.1 Å². The fraction of sp³-hybridized carbons (Fsp3) is 0.118. The van der Waals surface area contributed by atoms with Gasteiger partial charge in [0.05, 0.1) is 17.3 Å². The molecule has 1 aliphatic heterocycles. The highest BCUT2D eigenvalue weighted by Crippen LogP contribution is 2.46. The van der Waals surface area contributed by atoms with Gasteiger partial charge in [0.2, 0.25) is 11.8 Å². The van der Waals surface area contributed by atoms with Crippen LogP contribution in [0.25, 0.3) is 11.3 Å². The third kappa shape index (κ3) is 2.35. The van der Waals surface area contributed by atoms with E-state index in [4.69, 9.17) is 10.1 Å². The van der Waals surface area contributed by atoms with Crippen molar-refractivity contribution in [1.82, 2.24) is 10.2 Å².